The third-order valence-corrected chi connectivity index (χ3v) is 3.76. The molecule has 0 aromatic carbocycles. The van der Waals surface area contributed by atoms with E-state index < -0.39 is 0 Å². The summed E-state index contributed by atoms with van der Waals surface area (Å²) in [5.41, 5.74) is 1.29. The molecule has 0 aromatic heterocycles. The van der Waals surface area contributed by atoms with Crippen molar-refractivity contribution < 1.29 is 9.53 Å². The Morgan fingerprint density at radius 1 is 1.56 bits per heavy atom. The van der Waals surface area contributed by atoms with E-state index in [9.17, 15) is 4.79 Å². The Morgan fingerprint density at radius 2 is 2.19 bits per heavy atom. The first-order valence-corrected chi connectivity index (χ1v) is 6.26. The van der Waals surface area contributed by atoms with Crippen molar-refractivity contribution in [2.75, 3.05) is 6.61 Å². The highest BCUT2D eigenvalue weighted by Gasteiger charge is 2.43. The molecule has 2 atom stereocenters. The summed E-state index contributed by atoms with van der Waals surface area (Å²) in [4.78, 5) is 12.1. The molecule has 0 radical (unpaired) electrons. The first-order chi connectivity index (χ1) is 7.44. The zero-order valence-electron chi connectivity index (χ0n) is 11.2. The van der Waals surface area contributed by atoms with Crippen LogP contribution in [0.2, 0.25) is 0 Å². The van der Waals surface area contributed by atoms with Gasteiger partial charge < -0.3 is 4.74 Å². The molecule has 0 aliphatic heterocycles. The van der Waals surface area contributed by atoms with Gasteiger partial charge in [0.25, 0.3) is 0 Å². The summed E-state index contributed by atoms with van der Waals surface area (Å²) in [7, 11) is 0. The number of esters is 1. The van der Waals surface area contributed by atoms with Crippen molar-refractivity contribution >= 4 is 5.97 Å². The van der Waals surface area contributed by atoms with Gasteiger partial charge in [-0.15, -0.1) is 0 Å². The van der Waals surface area contributed by atoms with Gasteiger partial charge in [-0.3, -0.25) is 4.79 Å². The average molecular weight is 224 g/mol. The van der Waals surface area contributed by atoms with Crippen molar-refractivity contribution in [3.8, 4) is 0 Å². The Hall–Kier alpha value is -0.790. The summed E-state index contributed by atoms with van der Waals surface area (Å²) in [5.74, 6) is 0.404. The molecule has 16 heavy (non-hydrogen) atoms. The van der Waals surface area contributed by atoms with Crippen molar-refractivity contribution in [2.45, 2.75) is 47.5 Å². The van der Waals surface area contributed by atoms with Crippen LogP contribution < -0.4 is 0 Å². The van der Waals surface area contributed by atoms with E-state index in [4.69, 9.17) is 4.74 Å². The molecule has 2 nitrogen and oxygen atoms in total. The molecule has 0 heterocycles. The standard InChI is InChI=1S/C14H24O2/c1-6-11-10(3)8-9-14(4,5)12(11)13(15)16-7-2/h6,10,12H,7-9H2,1-5H3. The molecule has 2 unspecified atom stereocenters. The van der Waals surface area contributed by atoms with Gasteiger partial charge in [0.2, 0.25) is 0 Å². The molecule has 0 bridgehead atoms. The summed E-state index contributed by atoms with van der Waals surface area (Å²) in [6.07, 6.45) is 4.37. The quantitative estimate of drug-likeness (QED) is 0.529. The minimum absolute atomic E-state index is 0.0284. The van der Waals surface area contributed by atoms with Gasteiger partial charge in [0.1, 0.15) is 0 Å². The highest BCUT2D eigenvalue weighted by Crippen LogP contribution is 2.46. The maximum absolute atomic E-state index is 12.1. The number of ether oxygens (including phenoxy) is 1. The summed E-state index contributed by atoms with van der Waals surface area (Å²) in [5, 5.41) is 0. The second-order valence-electron chi connectivity index (χ2n) is 5.40. The van der Waals surface area contributed by atoms with Gasteiger partial charge in [-0.05, 0) is 38.0 Å². The Bertz CT molecular complexity index is 289. The van der Waals surface area contributed by atoms with Crippen LogP contribution in [0.25, 0.3) is 0 Å². The van der Waals surface area contributed by atoms with Crippen LogP contribution in [-0.2, 0) is 9.53 Å². The molecule has 1 rings (SSSR count). The normalized spacial score (nSPS) is 31.4. The van der Waals surface area contributed by atoms with Gasteiger partial charge in [-0.2, -0.15) is 0 Å². The maximum Gasteiger partial charge on any atom is 0.313 e. The molecule has 0 spiro atoms. The number of hydrogen-bond donors (Lipinski definition) is 0. The van der Waals surface area contributed by atoms with Gasteiger partial charge in [0.15, 0.2) is 0 Å². The summed E-state index contributed by atoms with van der Waals surface area (Å²) in [6, 6.07) is 0. The molecule has 92 valence electrons. The molecular formula is C14H24O2. The summed E-state index contributed by atoms with van der Waals surface area (Å²) in [6.45, 7) is 10.9. The minimum Gasteiger partial charge on any atom is -0.466 e. The Morgan fingerprint density at radius 3 is 2.69 bits per heavy atom. The van der Waals surface area contributed by atoms with Crippen LogP contribution in [0.1, 0.15) is 47.5 Å². The van der Waals surface area contributed by atoms with E-state index in [1.54, 1.807) is 0 Å². The molecular weight excluding hydrogens is 200 g/mol. The van der Waals surface area contributed by atoms with E-state index in [1.807, 2.05) is 13.8 Å². The highest BCUT2D eigenvalue weighted by molar-refractivity contribution is 5.77. The van der Waals surface area contributed by atoms with Crippen LogP contribution >= 0.6 is 0 Å². The van der Waals surface area contributed by atoms with E-state index in [2.05, 4.69) is 26.8 Å². The predicted molar refractivity (Wildman–Crippen MR) is 66.1 cm³/mol. The largest absolute Gasteiger partial charge is 0.466 e. The van der Waals surface area contributed by atoms with Gasteiger partial charge in [-0.25, -0.2) is 0 Å². The number of carbonyl (C=O) groups excluding carboxylic acids is 1. The molecule has 0 N–H and O–H groups in total. The first-order valence-electron chi connectivity index (χ1n) is 6.26. The molecule has 1 aliphatic rings. The fraction of sp³-hybridized carbons (Fsp3) is 0.786. The van der Waals surface area contributed by atoms with E-state index in [0.29, 0.717) is 12.5 Å². The number of allylic oxidation sites excluding steroid dienone is 1. The maximum atomic E-state index is 12.1. The number of hydrogen-bond acceptors (Lipinski definition) is 2. The zero-order valence-corrected chi connectivity index (χ0v) is 11.2. The number of carbonyl (C=O) groups is 1. The van der Waals surface area contributed by atoms with E-state index >= 15 is 0 Å². The minimum atomic E-state index is -0.0544. The van der Waals surface area contributed by atoms with E-state index in [0.717, 1.165) is 6.42 Å². The highest BCUT2D eigenvalue weighted by atomic mass is 16.5. The molecule has 0 saturated heterocycles. The van der Waals surface area contributed by atoms with Crippen molar-refractivity contribution in [3.05, 3.63) is 11.6 Å². The molecule has 0 amide bonds. The molecule has 1 fully saturated rings. The SMILES string of the molecule is CC=C1C(C)CCC(C)(C)C1C(=O)OCC. The second-order valence-corrected chi connectivity index (χ2v) is 5.40. The average Bonchev–Trinajstić information content (AvgIpc) is 2.21. The third-order valence-electron chi connectivity index (χ3n) is 3.76. The monoisotopic (exact) mass is 224 g/mol. The van der Waals surface area contributed by atoms with Crippen molar-refractivity contribution in [1.29, 1.82) is 0 Å². The molecule has 1 saturated carbocycles. The second kappa shape index (κ2) is 5.03. The van der Waals surface area contributed by atoms with Gasteiger partial charge in [0, 0.05) is 0 Å². The van der Waals surface area contributed by atoms with E-state index in [-0.39, 0.29) is 17.3 Å². The van der Waals surface area contributed by atoms with Crippen LogP contribution in [0, 0.1) is 17.3 Å². The van der Waals surface area contributed by atoms with Gasteiger partial charge in [-0.1, -0.05) is 32.4 Å². The Labute approximate surface area is 99.1 Å². The summed E-state index contributed by atoms with van der Waals surface area (Å²) < 4.78 is 5.22. The lowest BCUT2D eigenvalue weighted by molar-refractivity contribution is -0.151. The van der Waals surface area contributed by atoms with Crippen LogP contribution in [0.4, 0.5) is 0 Å². The van der Waals surface area contributed by atoms with Crippen LogP contribution in [0.5, 0.6) is 0 Å². The molecule has 1 aliphatic carbocycles. The summed E-state index contributed by atoms with van der Waals surface area (Å²) >= 11 is 0. The Balaban J connectivity index is 3.00. The van der Waals surface area contributed by atoms with Crippen molar-refractivity contribution in [2.24, 2.45) is 17.3 Å². The lowest BCUT2D eigenvalue weighted by Gasteiger charge is -2.41. The zero-order chi connectivity index (χ0) is 12.3. The van der Waals surface area contributed by atoms with Crippen LogP contribution in [0.3, 0.4) is 0 Å². The third kappa shape index (κ3) is 2.47. The van der Waals surface area contributed by atoms with Crippen LogP contribution in [-0.4, -0.2) is 12.6 Å². The first kappa shape index (κ1) is 13.3. The van der Waals surface area contributed by atoms with E-state index in [1.165, 1.54) is 12.0 Å². The van der Waals surface area contributed by atoms with Crippen molar-refractivity contribution in [3.63, 3.8) is 0 Å². The predicted octanol–water partition coefficient (Wildman–Crippen LogP) is 3.57. The van der Waals surface area contributed by atoms with Gasteiger partial charge >= 0.3 is 5.97 Å². The van der Waals surface area contributed by atoms with Crippen LogP contribution in [0.15, 0.2) is 11.6 Å². The smallest absolute Gasteiger partial charge is 0.313 e. The van der Waals surface area contributed by atoms with Gasteiger partial charge in [0.05, 0.1) is 12.5 Å². The molecule has 2 heteroatoms. The molecule has 0 aromatic rings. The number of rotatable bonds is 2. The Kier molecular flexibility index (Phi) is 4.17. The topological polar surface area (TPSA) is 26.3 Å². The fourth-order valence-corrected chi connectivity index (χ4v) is 2.77. The van der Waals surface area contributed by atoms with Crippen molar-refractivity contribution in [1.82, 2.24) is 0 Å². The lowest BCUT2D eigenvalue weighted by atomic mass is 9.63. The fourth-order valence-electron chi connectivity index (χ4n) is 2.77. The lowest BCUT2D eigenvalue weighted by Crippen LogP contribution is -2.39.